The molecule has 0 radical (unpaired) electrons. The van der Waals surface area contributed by atoms with Crippen LogP contribution in [0, 0.1) is 0 Å². The maximum absolute atomic E-state index is 12.3. The standard InChI is InChI=1S/C19H26N4O3S/c1-22(2)14-13-20-27(25,26)18-11-5-15(6-12-18)19(24)21-16-7-9-17(10-8-16)23(3)4/h5-12,20H,13-14H2,1-4H3,(H,21,24). The summed E-state index contributed by atoms with van der Waals surface area (Å²) in [5.74, 6) is -0.294. The second-order valence-electron chi connectivity index (χ2n) is 6.62. The van der Waals surface area contributed by atoms with Crippen LogP contribution < -0.4 is 14.9 Å². The van der Waals surface area contributed by atoms with Gasteiger partial charge in [-0.2, -0.15) is 0 Å². The number of hydrogen-bond donors (Lipinski definition) is 2. The largest absolute Gasteiger partial charge is 0.378 e. The first-order valence-electron chi connectivity index (χ1n) is 8.52. The van der Waals surface area contributed by atoms with Gasteiger partial charge in [0.15, 0.2) is 0 Å². The quantitative estimate of drug-likeness (QED) is 0.719. The van der Waals surface area contributed by atoms with Crippen LogP contribution in [0.15, 0.2) is 53.4 Å². The van der Waals surface area contributed by atoms with E-state index in [1.165, 1.54) is 24.3 Å². The molecule has 7 nitrogen and oxygen atoms in total. The van der Waals surface area contributed by atoms with Crippen molar-refractivity contribution in [1.29, 1.82) is 0 Å². The van der Waals surface area contributed by atoms with Crippen LogP contribution in [0.5, 0.6) is 0 Å². The van der Waals surface area contributed by atoms with Crippen LogP contribution >= 0.6 is 0 Å². The fourth-order valence-corrected chi connectivity index (χ4v) is 3.34. The second kappa shape index (κ2) is 8.98. The summed E-state index contributed by atoms with van der Waals surface area (Å²) in [5, 5.41) is 2.80. The van der Waals surface area contributed by atoms with Crippen LogP contribution in [0.1, 0.15) is 10.4 Å². The zero-order valence-corrected chi connectivity index (χ0v) is 16.9. The molecule has 0 unspecified atom stereocenters. The molecule has 1 amide bonds. The molecule has 0 aliphatic carbocycles. The summed E-state index contributed by atoms with van der Waals surface area (Å²) in [7, 11) is 4.04. The van der Waals surface area contributed by atoms with Gasteiger partial charge in [0.2, 0.25) is 10.0 Å². The van der Waals surface area contributed by atoms with Gasteiger partial charge in [0, 0.05) is 44.1 Å². The van der Waals surface area contributed by atoms with E-state index in [1.54, 1.807) is 0 Å². The number of carbonyl (C=O) groups is 1. The number of sulfonamides is 1. The van der Waals surface area contributed by atoms with Gasteiger partial charge in [0.1, 0.15) is 0 Å². The van der Waals surface area contributed by atoms with Gasteiger partial charge in [0.25, 0.3) is 5.91 Å². The zero-order valence-electron chi connectivity index (χ0n) is 16.1. The lowest BCUT2D eigenvalue weighted by Crippen LogP contribution is -2.31. The molecule has 2 aromatic carbocycles. The van der Waals surface area contributed by atoms with Crippen molar-refractivity contribution in [1.82, 2.24) is 9.62 Å². The highest BCUT2D eigenvalue weighted by molar-refractivity contribution is 7.89. The third kappa shape index (κ3) is 6.06. The lowest BCUT2D eigenvalue weighted by atomic mass is 10.2. The average Bonchev–Trinajstić information content (AvgIpc) is 2.61. The maximum Gasteiger partial charge on any atom is 0.255 e. The number of rotatable bonds is 8. The van der Waals surface area contributed by atoms with Crippen LogP contribution in [0.4, 0.5) is 11.4 Å². The van der Waals surface area contributed by atoms with Crippen LogP contribution in [-0.2, 0) is 10.0 Å². The molecule has 0 fully saturated rings. The highest BCUT2D eigenvalue weighted by atomic mass is 32.2. The fraction of sp³-hybridized carbons (Fsp3) is 0.316. The number of carbonyl (C=O) groups excluding carboxylic acids is 1. The second-order valence-corrected chi connectivity index (χ2v) is 8.39. The summed E-state index contributed by atoms with van der Waals surface area (Å²) in [6, 6.07) is 13.3. The van der Waals surface area contributed by atoms with Crippen LogP contribution in [0.25, 0.3) is 0 Å². The predicted molar refractivity (Wildman–Crippen MR) is 109 cm³/mol. The Morgan fingerprint density at radius 2 is 1.52 bits per heavy atom. The average molecular weight is 391 g/mol. The molecule has 2 N–H and O–H groups in total. The van der Waals surface area contributed by atoms with E-state index in [0.717, 1.165) is 5.69 Å². The van der Waals surface area contributed by atoms with E-state index in [0.29, 0.717) is 24.3 Å². The van der Waals surface area contributed by atoms with E-state index in [-0.39, 0.29) is 10.8 Å². The highest BCUT2D eigenvalue weighted by Gasteiger charge is 2.14. The topological polar surface area (TPSA) is 81.8 Å². The van der Waals surface area contributed by atoms with Crippen molar-refractivity contribution < 1.29 is 13.2 Å². The Bertz CT molecular complexity index is 861. The van der Waals surface area contributed by atoms with Crippen molar-refractivity contribution in [3.63, 3.8) is 0 Å². The van der Waals surface area contributed by atoms with Crippen LogP contribution in [-0.4, -0.2) is 60.5 Å². The summed E-state index contributed by atoms with van der Waals surface area (Å²) in [6.07, 6.45) is 0. The molecular weight excluding hydrogens is 364 g/mol. The van der Waals surface area contributed by atoms with Crippen molar-refractivity contribution in [3.05, 3.63) is 54.1 Å². The number of nitrogens with zero attached hydrogens (tertiary/aromatic N) is 2. The molecule has 0 saturated heterocycles. The van der Waals surface area contributed by atoms with E-state index < -0.39 is 10.0 Å². The smallest absolute Gasteiger partial charge is 0.255 e. The summed E-state index contributed by atoms with van der Waals surface area (Å²) in [6.45, 7) is 0.923. The SMILES string of the molecule is CN(C)CCNS(=O)(=O)c1ccc(C(=O)Nc2ccc(N(C)C)cc2)cc1. The third-order valence-electron chi connectivity index (χ3n) is 3.92. The van der Waals surface area contributed by atoms with Gasteiger partial charge in [-0.1, -0.05) is 0 Å². The number of hydrogen-bond acceptors (Lipinski definition) is 5. The minimum absolute atomic E-state index is 0.133. The molecule has 8 heteroatoms. The first kappa shape index (κ1) is 20.9. The minimum atomic E-state index is -3.58. The number of nitrogens with one attached hydrogen (secondary N) is 2. The van der Waals surface area contributed by atoms with E-state index in [9.17, 15) is 13.2 Å². The van der Waals surface area contributed by atoms with E-state index >= 15 is 0 Å². The Kier molecular flexibility index (Phi) is 6.95. The molecule has 0 aliphatic rings. The summed E-state index contributed by atoms with van der Waals surface area (Å²) < 4.78 is 27.0. The summed E-state index contributed by atoms with van der Waals surface area (Å²) >= 11 is 0. The molecule has 0 heterocycles. The van der Waals surface area contributed by atoms with Crippen LogP contribution in [0.3, 0.4) is 0 Å². The lowest BCUT2D eigenvalue weighted by molar-refractivity contribution is 0.102. The van der Waals surface area contributed by atoms with E-state index in [4.69, 9.17) is 0 Å². The Morgan fingerprint density at radius 3 is 2.04 bits per heavy atom. The Morgan fingerprint density at radius 1 is 0.926 bits per heavy atom. The monoisotopic (exact) mass is 390 g/mol. The molecule has 0 saturated carbocycles. The molecule has 0 aliphatic heterocycles. The summed E-state index contributed by atoms with van der Waals surface area (Å²) in [5.41, 5.74) is 2.09. The van der Waals surface area contributed by atoms with Crippen molar-refractivity contribution in [2.45, 2.75) is 4.90 Å². The van der Waals surface area contributed by atoms with E-state index in [1.807, 2.05) is 62.3 Å². The van der Waals surface area contributed by atoms with Crippen molar-refractivity contribution in [3.8, 4) is 0 Å². The molecule has 2 aromatic rings. The van der Waals surface area contributed by atoms with Gasteiger partial charge >= 0.3 is 0 Å². The maximum atomic E-state index is 12.3. The molecule has 0 bridgehead atoms. The third-order valence-corrected chi connectivity index (χ3v) is 5.40. The molecule has 0 aromatic heterocycles. The number of anilines is 2. The van der Waals surface area contributed by atoms with E-state index in [2.05, 4.69) is 10.0 Å². The van der Waals surface area contributed by atoms with Gasteiger partial charge in [-0.25, -0.2) is 13.1 Å². The minimum Gasteiger partial charge on any atom is -0.378 e. The number of amides is 1. The zero-order chi connectivity index (χ0) is 20.0. The predicted octanol–water partition coefficient (Wildman–Crippen LogP) is 1.84. The first-order valence-corrected chi connectivity index (χ1v) is 10.0. The molecule has 0 spiro atoms. The van der Waals surface area contributed by atoms with Gasteiger partial charge in [-0.15, -0.1) is 0 Å². The van der Waals surface area contributed by atoms with Gasteiger partial charge in [-0.3, -0.25) is 4.79 Å². The summed E-state index contributed by atoms with van der Waals surface area (Å²) in [4.78, 5) is 16.3. The fourth-order valence-electron chi connectivity index (χ4n) is 2.32. The Labute approximate surface area is 161 Å². The molecule has 0 atom stereocenters. The van der Waals surface area contributed by atoms with Gasteiger partial charge < -0.3 is 15.1 Å². The number of likely N-dealkylation sites (N-methyl/N-ethyl adjacent to an activating group) is 1. The first-order chi connectivity index (χ1) is 12.7. The van der Waals surface area contributed by atoms with Gasteiger partial charge in [0.05, 0.1) is 4.90 Å². The highest BCUT2D eigenvalue weighted by Crippen LogP contribution is 2.17. The van der Waals surface area contributed by atoms with Crippen molar-refractivity contribution in [2.75, 3.05) is 51.5 Å². The van der Waals surface area contributed by atoms with Crippen molar-refractivity contribution >= 4 is 27.3 Å². The number of benzene rings is 2. The Hall–Kier alpha value is -2.42. The van der Waals surface area contributed by atoms with Crippen LogP contribution in [0.2, 0.25) is 0 Å². The molecular formula is C19H26N4O3S. The normalized spacial score (nSPS) is 11.4. The molecule has 27 heavy (non-hydrogen) atoms. The molecule has 2 rings (SSSR count). The molecule has 146 valence electrons. The Balaban J connectivity index is 2.02. The van der Waals surface area contributed by atoms with Gasteiger partial charge in [-0.05, 0) is 62.6 Å². The lowest BCUT2D eigenvalue weighted by Gasteiger charge is -2.13. The van der Waals surface area contributed by atoms with Crippen molar-refractivity contribution in [2.24, 2.45) is 0 Å².